The highest BCUT2D eigenvalue weighted by Gasteiger charge is 2.44. The van der Waals surface area contributed by atoms with Gasteiger partial charge in [0.1, 0.15) is 6.10 Å². The molecule has 1 aliphatic carbocycles. The van der Waals surface area contributed by atoms with E-state index in [1.807, 2.05) is 23.1 Å². The number of piperidine rings is 1. The molecule has 1 spiro atoms. The Balaban J connectivity index is 1.28. The van der Waals surface area contributed by atoms with Gasteiger partial charge in [0.2, 0.25) is 11.8 Å². The number of amides is 1. The number of hydrogen-bond acceptors (Lipinski definition) is 4. The number of carbonyl (C=O) groups excluding carboxylic acids is 1. The van der Waals surface area contributed by atoms with E-state index in [2.05, 4.69) is 4.98 Å². The lowest BCUT2D eigenvalue weighted by atomic mass is 9.88. The van der Waals surface area contributed by atoms with Gasteiger partial charge in [0, 0.05) is 38.2 Å². The van der Waals surface area contributed by atoms with Gasteiger partial charge in [0.25, 0.3) is 0 Å². The van der Waals surface area contributed by atoms with Crippen LogP contribution in [0.2, 0.25) is 0 Å². The highest BCUT2D eigenvalue weighted by molar-refractivity contribution is 5.76. The normalized spacial score (nSPS) is 26.4. The second-order valence-corrected chi connectivity index (χ2v) is 7.13. The average molecular weight is 316 g/mol. The second-order valence-electron chi connectivity index (χ2n) is 7.13. The minimum atomic E-state index is -0.101. The largest absolute Gasteiger partial charge is 0.472 e. The number of nitrogens with zero attached hydrogens (tertiary/aromatic N) is 2. The van der Waals surface area contributed by atoms with Crippen LogP contribution in [0.3, 0.4) is 0 Å². The molecule has 2 saturated heterocycles. The maximum Gasteiger partial charge on any atom is 0.222 e. The monoisotopic (exact) mass is 316 g/mol. The van der Waals surface area contributed by atoms with Gasteiger partial charge >= 0.3 is 0 Å². The maximum atomic E-state index is 12.2. The van der Waals surface area contributed by atoms with Crippen molar-refractivity contribution in [3.8, 4) is 5.88 Å². The van der Waals surface area contributed by atoms with Crippen LogP contribution in [0.25, 0.3) is 0 Å². The van der Waals surface area contributed by atoms with Crippen LogP contribution in [0.15, 0.2) is 24.4 Å². The first-order valence-corrected chi connectivity index (χ1v) is 8.72. The molecule has 3 heterocycles. The number of likely N-dealkylation sites (tertiary alicyclic amines) is 1. The third-order valence-electron chi connectivity index (χ3n) is 5.29. The molecule has 5 nitrogen and oxygen atoms in total. The van der Waals surface area contributed by atoms with Crippen LogP contribution in [-0.4, -0.2) is 47.2 Å². The summed E-state index contributed by atoms with van der Waals surface area (Å²) < 4.78 is 12.0. The number of ether oxygens (including phenoxy) is 2. The number of carbonyl (C=O) groups is 1. The van der Waals surface area contributed by atoms with Crippen molar-refractivity contribution < 1.29 is 14.3 Å². The highest BCUT2D eigenvalue weighted by atomic mass is 16.6. The summed E-state index contributed by atoms with van der Waals surface area (Å²) in [6.45, 7) is 2.26. The number of pyridine rings is 1. The van der Waals surface area contributed by atoms with E-state index in [9.17, 15) is 4.79 Å². The van der Waals surface area contributed by atoms with Crippen LogP contribution in [0, 0.1) is 5.92 Å². The van der Waals surface area contributed by atoms with Crippen molar-refractivity contribution in [2.24, 2.45) is 5.92 Å². The van der Waals surface area contributed by atoms with E-state index in [1.165, 1.54) is 12.8 Å². The summed E-state index contributed by atoms with van der Waals surface area (Å²) >= 11 is 0. The van der Waals surface area contributed by atoms with Crippen molar-refractivity contribution >= 4 is 5.91 Å². The molecule has 3 fully saturated rings. The lowest BCUT2D eigenvalue weighted by Gasteiger charge is -2.38. The van der Waals surface area contributed by atoms with Gasteiger partial charge < -0.3 is 14.4 Å². The van der Waals surface area contributed by atoms with E-state index in [1.54, 1.807) is 6.20 Å². The fraction of sp³-hybridized carbons (Fsp3) is 0.667. The summed E-state index contributed by atoms with van der Waals surface area (Å²) in [7, 11) is 0. The topological polar surface area (TPSA) is 51.7 Å². The minimum absolute atomic E-state index is 0.0682. The Labute approximate surface area is 137 Å². The predicted octanol–water partition coefficient (Wildman–Crippen LogP) is 2.41. The van der Waals surface area contributed by atoms with Crippen LogP contribution in [0.1, 0.15) is 38.5 Å². The van der Waals surface area contributed by atoms with Crippen LogP contribution in [0.5, 0.6) is 5.88 Å². The Bertz CT molecular complexity index is 551. The van der Waals surface area contributed by atoms with Gasteiger partial charge in [-0.2, -0.15) is 0 Å². The minimum Gasteiger partial charge on any atom is -0.472 e. The lowest BCUT2D eigenvalue weighted by Crippen LogP contribution is -2.46. The smallest absolute Gasteiger partial charge is 0.222 e. The molecule has 5 heteroatoms. The van der Waals surface area contributed by atoms with Crippen molar-refractivity contribution in [2.75, 3.05) is 19.7 Å². The summed E-state index contributed by atoms with van der Waals surface area (Å²) in [4.78, 5) is 18.5. The summed E-state index contributed by atoms with van der Waals surface area (Å²) in [6.07, 6.45) is 7.77. The highest BCUT2D eigenvalue weighted by Crippen LogP contribution is 2.38. The SMILES string of the molecule is O=C(CC1CC1)N1CCC2(CC1)C[C@@H](Oc1ccccn1)CO2. The Hall–Kier alpha value is -1.62. The third-order valence-corrected chi connectivity index (χ3v) is 5.29. The molecule has 1 atom stereocenters. The number of aromatic nitrogens is 1. The standard InChI is InChI=1S/C18H24N2O3/c21-17(11-14-4-5-14)20-9-6-18(7-10-20)12-15(13-22-18)23-16-3-1-2-8-19-16/h1-3,8,14-15H,4-7,9-13H2/t15-/m1/s1. The molecule has 4 rings (SSSR count). The fourth-order valence-corrected chi connectivity index (χ4v) is 3.68. The van der Waals surface area contributed by atoms with Crippen molar-refractivity contribution in [1.29, 1.82) is 0 Å². The van der Waals surface area contributed by atoms with Crippen molar-refractivity contribution in [3.63, 3.8) is 0 Å². The van der Waals surface area contributed by atoms with Crippen molar-refractivity contribution in [2.45, 2.75) is 50.2 Å². The quantitative estimate of drug-likeness (QED) is 0.856. The van der Waals surface area contributed by atoms with Gasteiger partial charge in [-0.1, -0.05) is 6.07 Å². The van der Waals surface area contributed by atoms with E-state index in [-0.39, 0.29) is 11.7 Å². The summed E-state index contributed by atoms with van der Waals surface area (Å²) in [5.41, 5.74) is -0.101. The molecule has 0 bridgehead atoms. The molecule has 1 amide bonds. The Morgan fingerprint density at radius 2 is 2.17 bits per heavy atom. The zero-order valence-electron chi connectivity index (χ0n) is 13.4. The molecular formula is C18H24N2O3. The fourth-order valence-electron chi connectivity index (χ4n) is 3.68. The third kappa shape index (κ3) is 3.50. The maximum absolute atomic E-state index is 12.2. The van der Waals surface area contributed by atoms with Crippen LogP contribution >= 0.6 is 0 Å². The zero-order valence-corrected chi connectivity index (χ0v) is 13.4. The summed E-state index contributed by atoms with van der Waals surface area (Å²) in [6, 6.07) is 5.69. The molecule has 1 saturated carbocycles. The van der Waals surface area contributed by atoms with E-state index in [4.69, 9.17) is 9.47 Å². The molecule has 124 valence electrons. The van der Waals surface area contributed by atoms with Gasteiger partial charge in [-0.05, 0) is 37.7 Å². The summed E-state index contributed by atoms with van der Waals surface area (Å²) in [5.74, 6) is 1.66. The summed E-state index contributed by atoms with van der Waals surface area (Å²) in [5, 5.41) is 0. The van der Waals surface area contributed by atoms with Gasteiger partial charge in [-0.3, -0.25) is 4.79 Å². The molecule has 3 aliphatic rings. The van der Waals surface area contributed by atoms with Crippen molar-refractivity contribution in [1.82, 2.24) is 9.88 Å². The number of hydrogen-bond donors (Lipinski definition) is 0. The van der Waals surface area contributed by atoms with Gasteiger partial charge in [0.15, 0.2) is 0 Å². The van der Waals surface area contributed by atoms with Crippen LogP contribution in [0.4, 0.5) is 0 Å². The molecule has 0 radical (unpaired) electrons. The van der Waals surface area contributed by atoms with Gasteiger partial charge in [-0.25, -0.2) is 4.98 Å². The van der Waals surface area contributed by atoms with Crippen LogP contribution < -0.4 is 4.74 Å². The molecule has 0 unspecified atom stereocenters. The molecular weight excluding hydrogens is 292 g/mol. The van der Waals surface area contributed by atoms with E-state index >= 15 is 0 Å². The van der Waals surface area contributed by atoms with E-state index < -0.39 is 0 Å². The Morgan fingerprint density at radius 3 is 2.87 bits per heavy atom. The number of rotatable bonds is 4. The van der Waals surface area contributed by atoms with E-state index in [0.29, 0.717) is 24.3 Å². The Kier molecular flexibility index (Phi) is 3.97. The first kappa shape index (κ1) is 14.9. The van der Waals surface area contributed by atoms with Crippen LogP contribution in [-0.2, 0) is 9.53 Å². The molecule has 1 aromatic rings. The molecule has 2 aliphatic heterocycles. The van der Waals surface area contributed by atoms with E-state index in [0.717, 1.165) is 38.8 Å². The van der Waals surface area contributed by atoms with Gasteiger partial charge in [-0.15, -0.1) is 0 Å². The first-order chi connectivity index (χ1) is 11.2. The molecule has 23 heavy (non-hydrogen) atoms. The second kappa shape index (κ2) is 6.11. The molecule has 1 aromatic heterocycles. The Morgan fingerprint density at radius 1 is 1.35 bits per heavy atom. The first-order valence-electron chi connectivity index (χ1n) is 8.72. The van der Waals surface area contributed by atoms with Gasteiger partial charge in [0.05, 0.1) is 12.2 Å². The van der Waals surface area contributed by atoms with Crippen molar-refractivity contribution in [3.05, 3.63) is 24.4 Å². The molecule has 0 N–H and O–H groups in total. The zero-order chi connectivity index (χ0) is 15.7. The predicted molar refractivity (Wildman–Crippen MR) is 85.1 cm³/mol. The lowest BCUT2D eigenvalue weighted by molar-refractivity contribution is -0.136. The molecule has 0 aromatic carbocycles. The average Bonchev–Trinajstić information content (AvgIpc) is 3.31.